The molecule has 0 bridgehead atoms. The summed E-state index contributed by atoms with van der Waals surface area (Å²) in [6.07, 6.45) is 1.34. The molecule has 0 saturated carbocycles. The molecule has 4 rings (SSSR count). The quantitative estimate of drug-likeness (QED) is 0.356. The lowest BCUT2D eigenvalue weighted by Crippen LogP contribution is -2.54. The van der Waals surface area contributed by atoms with E-state index in [1.807, 2.05) is 0 Å². The van der Waals surface area contributed by atoms with Crippen LogP contribution in [0, 0.1) is 11.6 Å². The van der Waals surface area contributed by atoms with Gasteiger partial charge in [0.05, 0.1) is 5.69 Å². The second-order valence-corrected chi connectivity index (χ2v) is 7.21. The van der Waals surface area contributed by atoms with E-state index in [-0.39, 0.29) is 23.0 Å². The van der Waals surface area contributed by atoms with Crippen LogP contribution in [0.5, 0.6) is 5.75 Å². The molecule has 1 aliphatic heterocycles. The average Bonchev–Trinajstić information content (AvgIpc) is 2.78. The Labute approximate surface area is 187 Å². The molecule has 1 heterocycles. The molecule has 0 aliphatic carbocycles. The Morgan fingerprint density at radius 3 is 2.31 bits per heavy atom. The molecule has 0 spiro atoms. The molecule has 0 aromatic heterocycles. The third-order valence-electron chi connectivity index (χ3n) is 4.75. The van der Waals surface area contributed by atoms with Gasteiger partial charge in [0.15, 0.2) is 5.11 Å². The van der Waals surface area contributed by atoms with Crippen LogP contribution in [-0.2, 0) is 16.2 Å². The van der Waals surface area contributed by atoms with Crippen molar-refractivity contribution in [3.63, 3.8) is 0 Å². The molecule has 0 atom stereocenters. The number of halogens is 2. The Morgan fingerprint density at radius 1 is 0.906 bits per heavy atom. The molecule has 3 aromatic carbocycles. The summed E-state index contributed by atoms with van der Waals surface area (Å²) < 4.78 is 33.9. The molecule has 0 radical (unpaired) electrons. The second-order valence-electron chi connectivity index (χ2n) is 6.83. The van der Waals surface area contributed by atoms with Crippen molar-refractivity contribution in [3.05, 3.63) is 101 Å². The molecule has 2 amide bonds. The highest BCUT2D eigenvalue weighted by Crippen LogP contribution is 2.27. The fraction of sp³-hybridized carbons (Fsp3) is 0.0417. The van der Waals surface area contributed by atoms with Crippen LogP contribution in [-0.4, -0.2) is 16.9 Å². The van der Waals surface area contributed by atoms with Gasteiger partial charge in [0.2, 0.25) is 0 Å². The number of amides is 2. The lowest BCUT2D eigenvalue weighted by atomic mass is 10.1. The first kappa shape index (κ1) is 21.3. The van der Waals surface area contributed by atoms with Crippen molar-refractivity contribution in [1.29, 1.82) is 0 Å². The van der Waals surface area contributed by atoms with E-state index in [0.29, 0.717) is 16.9 Å². The first-order valence-corrected chi connectivity index (χ1v) is 9.98. The minimum atomic E-state index is -0.771. The number of hydrogen-bond acceptors (Lipinski definition) is 4. The van der Waals surface area contributed by atoms with Crippen molar-refractivity contribution in [2.75, 3.05) is 4.90 Å². The van der Waals surface area contributed by atoms with E-state index in [2.05, 4.69) is 5.32 Å². The zero-order valence-electron chi connectivity index (χ0n) is 16.5. The van der Waals surface area contributed by atoms with E-state index in [1.54, 1.807) is 48.5 Å². The van der Waals surface area contributed by atoms with Gasteiger partial charge in [-0.1, -0.05) is 48.5 Å². The standard InChI is InChI=1S/C24H16F2N2O3S/c25-18-9-3-1-8-16(18)14-31-21-12-6-2-7-15(21)13-17-22(29)27-24(32)28(23(17)30)20-11-5-4-10-19(20)26/h1-13H,14H2,(H,27,29,32)/b17-13-. The topological polar surface area (TPSA) is 58.6 Å². The van der Waals surface area contributed by atoms with Crippen molar-refractivity contribution < 1.29 is 23.1 Å². The van der Waals surface area contributed by atoms with Gasteiger partial charge in [-0.2, -0.15) is 0 Å². The van der Waals surface area contributed by atoms with Crippen molar-refractivity contribution in [2.45, 2.75) is 6.61 Å². The predicted molar refractivity (Wildman–Crippen MR) is 120 cm³/mol. The number of carbonyl (C=O) groups excluding carboxylic acids is 2. The number of benzene rings is 3. The van der Waals surface area contributed by atoms with Crippen LogP contribution in [0.25, 0.3) is 6.08 Å². The number of anilines is 1. The zero-order valence-corrected chi connectivity index (χ0v) is 17.4. The van der Waals surface area contributed by atoms with E-state index in [1.165, 1.54) is 30.3 Å². The third-order valence-corrected chi connectivity index (χ3v) is 5.04. The van der Waals surface area contributed by atoms with E-state index < -0.39 is 23.4 Å². The highest BCUT2D eigenvalue weighted by Gasteiger charge is 2.35. The number of hydrogen-bond donors (Lipinski definition) is 1. The largest absolute Gasteiger partial charge is 0.488 e. The van der Waals surface area contributed by atoms with Gasteiger partial charge in [-0.15, -0.1) is 0 Å². The predicted octanol–water partition coefficient (Wildman–Crippen LogP) is 4.38. The molecule has 1 saturated heterocycles. The van der Waals surface area contributed by atoms with Crippen LogP contribution in [0.2, 0.25) is 0 Å². The number of ether oxygens (including phenoxy) is 1. The minimum absolute atomic E-state index is 0.0432. The average molecular weight is 450 g/mol. The molecule has 1 N–H and O–H groups in total. The number of rotatable bonds is 5. The molecular weight excluding hydrogens is 434 g/mol. The number of nitrogens with one attached hydrogen (secondary N) is 1. The summed E-state index contributed by atoms with van der Waals surface area (Å²) in [6.45, 7) is -0.0432. The molecule has 32 heavy (non-hydrogen) atoms. The Kier molecular flexibility index (Phi) is 6.04. The molecule has 8 heteroatoms. The van der Waals surface area contributed by atoms with Gasteiger partial charge in [0, 0.05) is 11.1 Å². The fourth-order valence-electron chi connectivity index (χ4n) is 3.17. The van der Waals surface area contributed by atoms with Gasteiger partial charge in [0.25, 0.3) is 11.8 Å². The molecule has 160 valence electrons. The summed E-state index contributed by atoms with van der Waals surface area (Å²) in [7, 11) is 0. The van der Waals surface area contributed by atoms with Crippen LogP contribution < -0.4 is 15.0 Å². The van der Waals surface area contributed by atoms with E-state index in [0.717, 1.165) is 4.90 Å². The van der Waals surface area contributed by atoms with Crippen molar-refractivity contribution in [1.82, 2.24) is 5.32 Å². The Hall–Kier alpha value is -3.91. The summed E-state index contributed by atoms with van der Waals surface area (Å²) in [4.78, 5) is 26.5. The maximum Gasteiger partial charge on any atom is 0.270 e. The summed E-state index contributed by atoms with van der Waals surface area (Å²) in [5, 5.41) is 2.20. The van der Waals surface area contributed by atoms with Gasteiger partial charge in [-0.3, -0.25) is 14.9 Å². The van der Waals surface area contributed by atoms with Gasteiger partial charge in [-0.05, 0) is 42.6 Å². The Balaban J connectivity index is 1.66. The zero-order chi connectivity index (χ0) is 22.7. The van der Waals surface area contributed by atoms with Crippen LogP contribution in [0.1, 0.15) is 11.1 Å². The van der Waals surface area contributed by atoms with Gasteiger partial charge >= 0.3 is 0 Å². The third kappa shape index (κ3) is 4.26. The first-order valence-electron chi connectivity index (χ1n) is 9.57. The maximum atomic E-state index is 14.3. The maximum absolute atomic E-state index is 14.3. The molecule has 5 nitrogen and oxygen atoms in total. The highest BCUT2D eigenvalue weighted by molar-refractivity contribution is 7.80. The minimum Gasteiger partial charge on any atom is -0.488 e. The SMILES string of the molecule is O=C1NC(=S)N(c2ccccc2F)C(=O)/C1=C\c1ccccc1OCc1ccccc1F. The molecule has 3 aromatic rings. The number of carbonyl (C=O) groups is 2. The first-order chi connectivity index (χ1) is 15.5. The van der Waals surface area contributed by atoms with Crippen molar-refractivity contribution in [2.24, 2.45) is 0 Å². The smallest absolute Gasteiger partial charge is 0.270 e. The van der Waals surface area contributed by atoms with E-state index in [9.17, 15) is 18.4 Å². The van der Waals surface area contributed by atoms with Gasteiger partial charge in [0.1, 0.15) is 29.6 Å². The number of nitrogens with zero attached hydrogens (tertiary/aromatic N) is 1. The second kappa shape index (κ2) is 9.07. The van der Waals surface area contributed by atoms with Crippen LogP contribution in [0.4, 0.5) is 14.5 Å². The summed E-state index contributed by atoms with van der Waals surface area (Å²) in [6, 6.07) is 18.5. The molecule has 1 aliphatic rings. The fourth-order valence-corrected chi connectivity index (χ4v) is 3.44. The Bertz CT molecular complexity index is 1260. The van der Waals surface area contributed by atoms with Gasteiger partial charge < -0.3 is 4.74 Å². The lowest BCUT2D eigenvalue weighted by Gasteiger charge is -2.29. The lowest BCUT2D eigenvalue weighted by molar-refractivity contribution is -0.122. The van der Waals surface area contributed by atoms with Crippen LogP contribution >= 0.6 is 12.2 Å². The monoisotopic (exact) mass is 450 g/mol. The van der Waals surface area contributed by atoms with Gasteiger partial charge in [-0.25, -0.2) is 13.7 Å². The molecular formula is C24H16F2N2O3S. The van der Waals surface area contributed by atoms with Crippen molar-refractivity contribution in [3.8, 4) is 5.75 Å². The number of thiocarbonyl (C=S) groups is 1. The normalized spacial score (nSPS) is 15.1. The summed E-state index contributed by atoms with van der Waals surface area (Å²) in [5.74, 6) is -2.20. The highest BCUT2D eigenvalue weighted by atomic mass is 32.1. The molecule has 1 fully saturated rings. The molecule has 0 unspecified atom stereocenters. The van der Waals surface area contributed by atoms with E-state index >= 15 is 0 Å². The number of para-hydroxylation sites is 2. The van der Waals surface area contributed by atoms with Crippen molar-refractivity contribution >= 4 is 40.9 Å². The summed E-state index contributed by atoms with van der Waals surface area (Å²) >= 11 is 5.09. The van der Waals surface area contributed by atoms with Crippen LogP contribution in [0.15, 0.2) is 78.4 Å². The summed E-state index contributed by atoms with van der Waals surface area (Å²) in [5.41, 5.74) is 0.461. The Morgan fingerprint density at radius 2 is 1.56 bits per heavy atom. The van der Waals surface area contributed by atoms with Crippen LogP contribution in [0.3, 0.4) is 0 Å². The van der Waals surface area contributed by atoms with E-state index in [4.69, 9.17) is 17.0 Å².